The van der Waals surface area contributed by atoms with Gasteiger partial charge in [-0.05, 0) is 31.2 Å². The maximum absolute atomic E-state index is 10.9. The smallest absolute Gasteiger partial charge is 0.335 e. The molecule has 0 radical (unpaired) electrons. The lowest BCUT2D eigenvalue weighted by Crippen LogP contribution is -1.97. The van der Waals surface area contributed by atoms with Crippen LogP contribution in [-0.2, 0) is 6.54 Å². The first-order valence-electron chi connectivity index (χ1n) is 5.87. The number of carboxylic acid groups (broad SMARTS) is 1. The molecule has 2 heterocycles. The first-order chi connectivity index (χ1) is 9.13. The molecule has 4 nitrogen and oxygen atoms in total. The van der Waals surface area contributed by atoms with Gasteiger partial charge in [0.15, 0.2) is 0 Å². The van der Waals surface area contributed by atoms with Gasteiger partial charge in [0.2, 0.25) is 0 Å². The number of nitrogens with zero attached hydrogens (tertiary/aromatic N) is 2. The van der Waals surface area contributed by atoms with Crippen LogP contribution in [0.4, 0.5) is 0 Å². The Bertz CT molecular complexity index is 758. The zero-order valence-corrected chi connectivity index (χ0v) is 11.1. The minimum atomic E-state index is -0.896. The van der Waals surface area contributed by atoms with Crippen LogP contribution >= 0.6 is 11.3 Å². The van der Waals surface area contributed by atoms with Gasteiger partial charge >= 0.3 is 5.97 Å². The van der Waals surface area contributed by atoms with Crippen molar-refractivity contribution in [3.8, 4) is 0 Å². The van der Waals surface area contributed by atoms with Crippen molar-refractivity contribution in [2.75, 3.05) is 0 Å². The van der Waals surface area contributed by atoms with E-state index in [0.29, 0.717) is 5.56 Å². The maximum atomic E-state index is 10.9. The molecule has 0 atom stereocenters. The van der Waals surface area contributed by atoms with Crippen LogP contribution in [0.25, 0.3) is 10.9 Å². The van der Waals surface area contributed by atoms with Gasteiger partial charge < -0.3 is 9.67 Å². The number of hydrogen-bond donors (Lipinski definition) is 1. The van der Waals surface area contributed by atoms with Crippen molar-refractivity contribution < 1.29 is 9.90 Å². The summed E-state index contributed by atoms with van der Waals surface area (Å²) in [6, 6.07) is 7.13. The summed E-state index contributed by atoms with van der Waals surface area (Å²) in [5.41, 5.74) is 1.36. The quantitative estimate of drug-likeness (QED) is 0.796. The second kappa shape index (κ2) is 4.51. The lowest BCUT2D eigenvalue weighted by atomic mass is 10.1. The molecule has 1 aromatic carbocycles. The molecule has 0 unspecified atom stereocenters. The Morgan fingerprint density at radius 2 is 2.26 bits per heavy atom. The Morgan fingerprint density at radius 1 is 1.42 bits per heavy atom. The van der Waals surface area contributed by atoms with Crippen LogP contribution < -0.4 is 0 Å². The van der Waals surface area contributed by atoms with Crippen LogP contribution in [0.5, 0.6) is 0 Å². The summed E-state index contributed by atoms with van der Waals surface area (Å²) in [6.07, 6.45) is 3.86. The zero-order valence-electron chi connectivity index (χ0n) is 10.3. The van der Waals surface area contributed by atoms with Gasteiger partial charge in [-0.15, -0.1) is 11.3 Å². The molecule has 0 amide bonds. The molecule has 1 N–H and O–H groups in total. The van der Waals surface area contributed by atoms with E-state index in [1.54, 1.807) is 23.5 Å². The molecule has 96 valence electrons. The third-order valence-corrected chi connectivity index (χ3v) is 3.91. The molecule has 0 fully saturated rings. The fraction of sp³-hybridized carbons (Fsp3) is 0.143. The molecule has 0 aliphatic heterocycles. The Kier molecular flexibility index (Phi) is 2.83. The first-order valence-corrected chi connectivity index (χ1v) is 6.68. The summed E-state index contributed by atoms with van der Waals surface area (Å²) in [6.45, 7) is 2.75. The molecular weight excluding hydrogens is 260 g/mol. The molecule has 0 aliphatic rings. The molecule has 0 aliphatic carbocycles. The predicted octanol–water partition coefficient (Wildman–Crippen LogP) is 3.15. The highest BCUT2D eigenvalue weighted by atomic mass is 32.1. The number of carboxylic acids is 1. The second-order valence-electron chi connectivity index (χ2n) is 4.37. The maximum Gasteiger partial charge on any atom is 0.335 e. The summed E-state index contributed by atoms with van der Waals surface area (Å²) in [5.74, 6) is -0.896. The Hall–Kier alpha value is -2.14. The number of carbonyl (C=O) groups is 1. The monoisotopic (exact) mass is 272 g/mol. The Morgan fingerprint density at radius 3 is 2.95 bits per heavy atom. The van der Waals surface area contributed by atoms with E-state index in [9.17, 15) is 4.79 Å². The van der Waals surface area contributed by atoms with Crippen molar-refractivity contribution in [2.24, 2.45) is 0 Å². The highest BCUT2D eigenvalue weighted by Gasteiger charge is 2.07. The summed E-state index contributed by atoms with van der Waals surface area (Å²) in [7, 11) is 0. The number of rotatable bonds is 3. The zero-order chi connectivity index (χ0) is 13.4. The van der Waals surface area contributed by atoms with Crippen LogP contribution in [0.1, 0.15) is 20.2 Å². The SMILES string of the molecule is Cc1ncc(Cn2ccc3cc(C(=O)O)ccc32)s1. The van der Waals surface area contributed by atoms with E-state index in [1.165, 1.54) is 4.88 Å². The molecule has 5 heteroatoms. The van der Waals surface area contributed by atoms with Gasteiger partial charge in [-0.25, -0.2) is 9.78 Å². The van der Waals surface area contributed by atoms with Gasteiger partial charge in [-0.2, -0.15) is 0 Å². The van der Waals surface area contributed by atoms with Crippen molar-refractivity contribution in [2.45, 2.75) is 13.5 Å². The van der Waals surface area contributed by atoms with E-state index < -0.39 is 5.97 Å². The predicted molar refractivity (Wildman–Crippen MR) is 74.9 cm³/mol. The average molecular weight is 272 g/mol. The molecule has 3 aromatic rings. The first kappa shape index (κ1) is 11.9. The third kappa shape index (κ3) is 2.24. The van der Waals surface area contributed by atoms with E-state index in [1.807, 2.05) is 31.5 Å². The van der Waals surface area contributed by atoms with Crippen molar-refractivity contribution in [1.82, 2.24) is 9.55 Å². The Labute approximate surface area is 113 Å². The molecule has 0 saturated carbocycles. The number of fused-ring (bicyclic) bond motifs is 1. The van der Waals surface area contributed by atoms with Crippen molar-refractivity contribution in [1.29, 1.82) is 0 Å². The van der Waals surface area contributed by atoms with E-state index in [2.05, 4.69) is 9.55 Å². The van der Waals surface area contributed by atoms with E-state index in [4.69, 9.17) is 5.11 Å². The average Bonchev–Trinajstić information content (AvgIpc) is 2.96. The fourth-order valence-corrected chi connectivity index (χ4v) is 2.91. The Balaban J connectivity index is 1.99. The summed E-state index contributed by atoms with van der Waals surface area (Å²) < 4.78 is 2.11. The number of thiazole rings is 1. The molecular formula is C14H12N2O2S. The van der Waals surface area contributed by atoms with E-state index in [0.717, 1.165) is 22.5 Å². The number of aryl methyl sites for hydroxylation is 1. The lowest BCUT2D eigenvalue weighted by Gasteiger charge is -2.03. The molecule has 0 spiro atoms. The topological polar surface area (TPSA) is 55.1 Å². The molecule has 0 bridgehead atoms. The highest BCUT2D eigenvalue weighted by Crippen LogP contribution is 2.21. The summed E-state index contributed by atoms with van der Waals surface area (Å²) in [4.78, 5) is 16.4. The van der Waals surface area contributed by atoms with Gasteiger partial charge in [-0.1, -0.05) is 0 Å². The van der Waals surface area contributed by atoms with Crippen molar-refractivity contribution >= 4 is 28.2 Å². The second-order valence-corrected chi connectivity index (χ2v) is 5.69. The normalized spacial score (nSPS) is 11.0. The van der Waals surface area contributed by atoms with Crippen LogP contribution in [0, 0.1) is 6.92 Å². The minimum absolute atomic E-state index is 0.318. The van der Waals surface area contributed by atoms with Gasteiger partial charge in [0.25, 0.3) is 0 Å². The third-order valence-electron chi connectivity index (χ3n) is 3.01. The number of hydrogen-bond acceptors (Lipinski definition) is 3. The van der Waals surface area contributed by atoms with Gasteiger partial charge in [0.05, 0.1) is 17.1 Å². The van der Waals surface area contributed by atoms with Crippen LogP contribution in [0.3, 0.4) is 0 Å². The number of aromatic nitrogens is 2. The van der Waals surface area contributed by atoms with Crippen molar-refractivity contribution in [3.05, 3.63) is 52.1 Å². The minimum Gasteiger partial charge on any atom is -0.478 e. The molecule has 2 aromatic heterocycles. The van der Waals surface area contributed by atoms with Crippen LogP contribution in [-0.4, -0.2) is 20.6 Å². The molecule has 0 saturated heterocycles. The fourth-order valence-electron chi connectivity index (χ4n) is 2.12. The summed E-state index contributed by atoms with van der Waals surface area (Å²) in [5, 5.41) is 11.0. The van der Waals surface area contributed by atoms with Gasteiger partial charge in [0.1, 0.15) is 0 Å². The molecule has 3 rings (SSSR count). The van der Waals surface area contributed by atoms with E-state index in [-0.39, 0.29) is 0 Å². The van der Waals surface area contributed by atoms with Gasteiger partial charge in [-0.3, -0.25) is 0 Å². The lowest BCUT2D eigenvalue weighted by molar-refractivity contribution is 0.0697. The van der Waals surface area contributed by atoms with E-state index >= 15 is 0 Å². The largest absolute Gasteiger partial charge is 0.478 e. The van der Waals surface area contributed by atoms with Crippen LogP contribution in [0.15, 0.2) is 36.7 Å². The number of benzene rings is 1. The summed E-state index contributed by atoms with van der Waals surface area (Å²) >= 11 is 1.68. The highest BCUT2D eigenvalue weighted by molar-refractivity contribution is 7.11. The number of aromatic carboxylic acids is 1. The standard InChI is InChI=1S/C14H12N2O2S/c1-9-15-7-12(19-9)8-16-5-4-10-6-11(14(17)18)2-3-13(10)16/h2-7H,8H2,1H3,(H,17,18). The van der Waals surface area contributed by atoms with Gasteiger partial charge in [0, 0.05) is 28.2 Å². The van der Waals surface area contributed by atoms with Crippen molar-refractivity contribution in [3.63, 3.8) is 0 Å². The van der Waals surface area contributed by atoms with Crippen LogP contribution in [0.2, 0.25) is 0 Å². The molecule has 19 heavy (non-hydrogen) atoms.